The van der Waals surface area contributed by atoms with E-state index in [1.807, 2.05) is 13.8 Å². The number of benzene rings is 3. The van der Waals surface area contributed by atoms with Crippen LogP contribution < -0.4 is 15.0 Å². The van der Waals surface area contributed by atoms with Gasteiger partial charge in [-0.05, 0) is 48.2 Å². The average molecular weight is 621 g/mol. The number of amides is 1. The number of halogens is 2. The van der Waals surface area contributed by atoms with Crippen molar-refractivity contribution in [2.45, 2.75) is 26.3 Å². The molecule has 1 aromatic heterocycles. The zero-order valence-electron chi connectivity index (χ0n) is 23.1. The summed E-state index contributed by atoms with van der Waals surface area (Å²) in [6, 6.07) is 13.7. The molecular formula is C31H26ClFN4O5S. The molecule has 0 aliphatic carbocycles. The van der Waals surface area contributed by atoms with Gasteiger partial charge in [-0.3, -0.25) is 14.7 Å². The van der Waals surface area contributed by atoms with Gasteiger partial charge in [0.25, 0.3) is 5.91 Å². The maximum atomic E-state index is 16.3. The Kier molecular flexibility index (Phi) is 7.10. The first-order chi connectivity index (χ1) is 20.4. The predicted molar refractivity (Wildman–Crippen MR) is 160 cm³/mol. The standard InChI is InChI=1S/C31H26ClFN4O5S/c1-31(2)15-22-29(43(40,41)17-31)28(19-11-10-18(14-21(19)33)42-26-9-4-3-6-20(26)32)37(30(39)23-16-34-12-13-35-23)24-7-5-8-25(38)27(24)36-22/h3-14,16,28,36,38H,15,17H2,1-2H3. The summed E-state index contributed by atoms with van der Waals surface area (Å²) in [6.45, 7) is 3.62. The number of rotatable bonds is 4. The minimum Gasteiger partial charge on any atom is -0.506 e. The molecule has 2 aliphatic rings. The van der Waals surface area contributed by atoms with Crippen LogP contribution in [0.25, 0.3) is 0 Å². The Hall–Kier alpha value is -4.48. The van der Waals surface area contributed by atoms with Gasteiger partial charge in [0.05, 0.1) is 27.6 Å². The molecule has 220 valence electrons. The van der Waals surface area contributed by atoms with Crippen LogP contribution in [0.2, 0.25) is 5.02 Å². The second-order valence-electron chi connectivity index (χ2n) is 11.1. The zero-order valence-corrected chi connectivity index (χ0v) is 24.7. The van der Waals surface area contributed by atoms with Gasteiger partial charge in [0.2, 0.25) is 0 Å². The fraction of sp³-hybridized carbons (Fsp3) is 0.194. The molecule has 0 spiro atoms. The van der Waals surface area contributed by atoms with Crippen LogP contribution in [0, 0.1) is 11.2 Å². The van der Waals surface area contributed by atoms with Crippen LogP contribution in [0.5, 0.6) is 17.2 Å². The van der Waals surface area contributed by atoms with Crippen LogP contribution in [0.4, 0.5) is 15.8 Å². The summed E-state index contributed by atoms with van der Waals surface area (Å²) < 4.78 is 50.2. The van der Waals surface area contributed by atoms with Gasteiger partial charge in [-0.15, -0.1) is 0 Å². The predicted octanol–water partition coefficient (Wildman–Crippen LogP) is 6.64. The lowest BCUT2D eigenvalue weighted by Crippen LogP contribution is -2.41. The molecule has 9 nitrogen and oxygen atoms in total. The number of phenolic OH excluding ortho intramolecular Hbond substituents is 1. The highest BCUT2D eigenvalue weighted by Gasteiger charge is 2.48. The van der Waals surface area contributed by atoms with Gasteiger partial charge >= 0.3 is 0 Å². The molecule has 0 radical (unpaired) electrons. The van der Waals surface area contributed by atoms with E-state index in [0.717, 1.165) is 11.0 Å². The fourth-order valence-corrected chi connectivity index (χ4v) is 8.12. The number of allylic oxidation sites excluding steroid dienone is 1. The first kappa shape index (κ1) is 28.6. The second kappa shape index (κ2) is 10.7. The highest BCUT2D eigenvalue weighted by molar-refractivity contribution is 7.95. The van der Waals surface area contributed by atoms with Crippen LogP contribution in [-0.4, -0.2) is 35.2 Å². The quantitative estimate of drug-likeness (QED) is 0.244. The molecule has 0 fully saturated rings. The molecule has 12 heteroatoms. The molecule has 1 unspecified atom stereocenters. The van der Waals surface area contributed by atoms with Crippen molar-refractivity contribution < 1.29 is 27.4 Å². The van der Waals surface area contributed by atoms with E-state index in [9.17, 15) is 18.3 Å². The normalized spacial score (nSPS) is 18.6. The van der Waals surface area contributed by atoms with Crippen LogP contribution in [0.3, 0.4) is 0 Å². The Morgan fingerprint density at radius 1 is 1.14 bits per heavy atom. The Labute approximate surface area is 252 Å². The summed E-state index contributed by atoms with van der Waals surface area (Å²) in [5.41, 5.74) is -0.375. The van der Waals surface area contributed by atoms with Crippen molar-refractivity contribution >= 4 is 38.7 Å². The molecule has 0 bridgehead atoms. The average Bonchev–Trinajstić information content (AvgIpc) is 3.09. The summed E-state index contributed by atoms with van der Waals surface area (Å²) >= 11 is 6.21. The first-order valence-electron chi connectivity index (χ1n) is 13.3. The number of ether oxygens (including phenoxy) is 1. The van der Waals surface area contributed by atoms with E-state index in [0.29, 0.717) is 10.8 Å². The van der Waals surface area contributed by atoms with E-state index in [2.05, 4.69) is 15.3 Å². The summed E-state index contributed by atoms with van der Waals surface area (Å²) in [5.74, 6) is -1.58. The number of fused-ring (bicyclic) bond motifs is 1. The molecular weight excluding hydrogens is 595 g/mol. The van der Waals surface area contributed by atoms with Gasteiger partial charge in [-0.1, -0.05) is 43.6 Å². The van der Waals surface area contributed by atoms with E-state index >= 15 is 4.39 Å². The van der Waals surface area contributed by atoms with Crippen molar-refractivity contribution in [3.63, 3.8) is 0 Å². The number of hydrogen-bond acceptors (Lipinski definition) is 8. The van der Waals surface area contributed by atoms with E-state index < -0.39 is 33.0 Å². The summed E-state index contributed by atoms with van der Waals surface area (Å²) in [5, 5.41) is 14.3. The maximum Gasteiger partial charge on any atom is 0.279 e. The Balaban J connectivity index is 1.60. The largest absolute Gasteiger partial charge is 0.506 e. The third kappa shape index (κ3) is 5.30. The van der Waals surface area contributed by atoms with Crippen LogP contribution in [0.1, 0.15) is 42.4 Å². The lowest BCUT2D eigenvalue weighted by molar-refractivity contribution is 0.0975. The SMILES string of the molecule is CC1(C)CC2=C(C(c3ccc(Oc4ccccc4Cl)cc3F)N(C(=O)c3cnccn3)c3cccc(O)c3N2)S(=O)(=O)C1. The number of carbonyl (C=O) groups excluding carboxylic acids is 1. The number of nitrogens with one attached hydrogen (secondary N) is 1. The van der Waals surface area contributed by atoms with Gasteiger partial charge in [0.15, 0.2) is 9.84 Å². The first-order valence-corrected chi connectivity index (χ1v) is 15.3. The number of aromatic nitrogens is 2. The number of anilines is 2. The molecule has 4 aromatic rings. The molecule has 0 saturated carbocycles. The van der Waals surface area contributed by atoms with Gasteiger partial charge < -0.3 is 15.2 Å². The zero-order chi connectivity index (χ0) is 30.5. The molecule has 1 amide bonds. The third-order valence-electron chi connectivity index (χ3n) is 7.26. The monoisotopic (exact) mass is 620 g/mol. The number of sulfone groups is 1. The van der Waals surface area contributed by atoms with Crippen LogP contribution in [0.15, 0.2) is 89.9 Å². The van der Waals surface area contributed by atoms with Gasteiger partial charge in [0, 0.05) is 29.7 Å². The summed E-state index contributed by atoms with van der Waals surface area (Å²) in [7, 11) is -4.08. The summed E-state index contributed by atoms with van der Waals surface area (Å²) in [6.07, 6.45) is 4.22. The van der Waals surface area contributed by atoms with Crippen LogP contribution >= 0.6 is 11.6 Å². The highest BCUT2D eigenvalue weighted by Crippen LogP contribution is 2.52. The van der Waals surface area contributed by atoms with Crippen molar-refractivity contribution in [1.29, 1.82) is 0 Å². The van der Waals surface area contributed by atoms with Crippen molar-refractivity contribution in [2.75, 3.05) is 16.0 Å². The molecule has 2 N–H and O–H groups in total. The van der Waals surface area contributed by atoms with Crippen molar-refractivity contribution in [3.8, 4) is 17.2 Å². The molecule has 3 aromatic carbocycles. The minimum atomic E-state index is -4.08. The fourth-order valence-electron chi connectivity index (χ4n) is 5.59. The molecule has 3 heterocycles. The van der Waals surface area contributed by atoms with Gasteiger partial charge in [-0.2, -0.15) is 0 Å². The number of carbonyl (C=O) groups is 1. The van der Waals surface area contributed by atoms with Gasteiger partial charge in [-0.25, -0.2) is 17.8 Å². The highest BCUT2D eigenvalue weighted by atomic mass is 35.5. The molecule has 1 atom stereocenters. The lowest BCUT2D eigenvalue weighted by atomic mass is 9.88. The summed E-state index contributed by atoms with van der Waals surface area (Å²) in [4.78, 5) is 23.3. The maximum absolute atomic E-state index is 16.3. The third-order valence-corrected chi connectivity index (χ3v) is 9.88. The topological polar surface area (TPSA) is 122 Å². The number of phenols is 1. The molecule has 6 rings (SSSR count). The van der Waals surface area contributed by atoms with E-state index in [4.69, 9.17) is 16.3 Å². The number of para-hydroxylation sites is 2. The molecule has 43 heavy (non-hydrogen) atoms. The Morgan fingerprint density at radius 3 is 2.65 bits per heavy atom. The van der Waals surface area contributed by atoms with Crippen LogP contribution in [-0.2, 0) is 9.84 Å². The molecule has 2 aliphatic heterocycles. The van der Waals surface area contributed by atoms with Gasteiger partial charge in [0.1, 0.15) is 40.5 Å². The Bertz CT molecular complexity index is 1900. The minimum absolute atomic E-state index is 0.0986. The lowest BCUT2D eigenvalue weighted by Gasteiger charge is -2.37. The number of hydrogen-bond donors (Lipinski definition) is 2. The van der Waals surface area contributed by atoms with E-state index in [1.54, 1.807) is 30.3 Å². The second-order valence-corrected chi connectivity index (χ2v) is 13.5. The smallest absolute Gasteiger partial charge is 0.279 e. The molecule has 0 saturated heterocycles. The number of aromatic hydroxyl groups is 1. The van der Waals surface area contributed by atoms with E-state index in [-0.39, 0.29) is 56.9 Å². The number of nitrogens with zero attached hydrogens (tertiary/aromatic N) is 3. The van der Waals surface area contributed by atoms with Crippen molar-refractivity contribution in [1.82, 2.24) is 9.97 Å². The Morgan fingerprint density at radius 2 is 1.93 bits per heavy atom. The van der Waals surface area contributed by atoms with Crippen molar-refractivity contribution in [2.24, 2.45) is 5.41 Å². The van der Waals surface area contributed by atoms with E-state index in [1.165, 1.54) is 42.9 Å². The van der Waals surface area contributed by atoms with Crippen molar-refractivity contribution in [3.05, 3.63) is 112 Å².